The smallest absolute Gasteiger partial charge is 0.338 e. The van der Waals surface area contributed by atoms with Crippen molar-refractivity contribution in [1.29, 1.82) is 0 Å². The van der Waals surface area contributed by atoms with E-state index in [-0.39, 0.29) is 18.4 Å². The van der Waals surface area contributed by atoms with Crippen molar-refractivity contribution in [2.75, 3.05) is 16.8 Å². The van der Waals surface area contributed by atoms with Crippen LogP contribution in [0, 0.1) is 0 Å². The number of anilines is 2. The third-order valence-electron chi connectivity index (χ3n) is 4.77. The number of nitrogens with zero attached hydrogens (tertiary/aromatic N) is 1. The van der Waals surface area contributed by atoms with Gasteiger partial charge in [-0.2, -0.15) is 0 Å². The molecule has 7 nitrogen and oxygen atoms in total. The molecule has 2 aliphatic rings. The average Bonchev–Trinajstić information content (AvgIpc) is 2.97. The molecule has 0 saturated heterocycles. The van der Waals surface area contributed by atoms with Gasteiger partial charge >= 0.3 is 5.97 Å². The second kappa shape index (κ2) is 6.84. The van der Waals surface area contributed by atoms with Crippen LogP contribution in [-0.4, -0.2) is 41.1 Å². The molecule has 0 unspecified atom stereocenters. The van der Waals surface area contributed by atoms with Gasteiger partial charge < -0.3 is 20.1 Å². The highest BCUT2D eigenvalue weighted by Gasteiger charge is 2.41. The Kier molecular flexibility index (Phi) is 4.76. The number of esters is 1. The van der Waals surface area contributed by atoms with Crippen LogP contribution in [0.25, 0.3) is 0 Å². The Hall–Kier alpha value is -2.41. The van der Waals surface area contributed by atoms with Crippen LogP contribution in [0.3, 0.4) is 0 Å². The van der Waals surface area contributed by atoms with Crippen LogP contribution in [0.15, 0.2) is 24.3 Å². The fraction of sp³-hybridized carbons (Fsp3) is 0.500. The summed E-state index contributed by atoms with van der Waals surface area (Å²) in [6, 6.07) is 6.63. The predicted octanol–water partition coefficient (Wildman–Crippen LogP) is 1.60. The fourth-order valence-corrected chi connectivity index (χ4v) is 3.46. The molecule has 0 aromatic heterocycles. The molecule has 3 rings (SSSR count). The van der Waals surface area contributed by atoms with E-state index >= 15 is 0 Å². The van der Waals surface area contributed by atoms with Crippen LogP contribution in [0.5, 0.6) is 0 Å². The topological polar surface area (TPSA) is 95.9 Å². The van der Waals surface area contributed by atoms with Crippen LogP contribution >= 0.6 is 0 Å². The lowest BCUT2D eigenvalue weighted by molar-refractivity contribution is -0.166. The van der Waals surface area contributed by atoms with Crippen molar-refractivity contribution in [2.45, 2.75) is 50.7 Å². The average molecular weight is 346 g/mol. The minimum Gasteiger partial charge on any atom is -0.453 e. The summed E-state index contributed by atoms with van der Waals surface area (Å²) in [7, 11) is 0. The minimum atomic E-state index is -1.47. The van der Waals surface area contributed by atoms with Crippen molar-refractivity contribution in [1.82, 2.24) is 0 Å². The molecule has 1 aromatic carbocycles. The third kappa shape index (κ3) is 3.51. The Balaban J connectivity index is 1.74. The van der Waals surface area contributed by atoms with Gasteiger partial charge in [0.2, 0.25) is 5.91 Å². The second-order valence-electron chi connectivity index (χ2n) is 6.70. The summed E-state index contributed by atoms with van der Waals surface area (Å²) in [5, 5.41) is 13.0. The van der Waals surface area contributed by atoms with E-state index in [1.165, 1.54) is 4.90 Å². The molecule has 134 valence electrons. The molecule has 1 fully saturated rings. The first kappa shape index (κ1) is 17.4. The lowest BCUT2D eigenvalue weighted by atomic mass is 10.0. The molecule has 0 spiro atoms. The summed E-state index contributed by atoms with van der Waals surface area (Å²) in [5.41, 5.74) is -0.354. The van der Waals surface area contributed by atoms with Crippen LogP contribution in [0.2, 0.25) is 0 Å². The molecular formula is C18H22N2O5. The molecule has 1 aliphatic carbocycles. The summed E-state index contributed by atoms with van der Waals surface area (Å²) >= 11 is 0. The van der Waals surface area contributed by atoms with Gasteiger partial charge in [0.1, 0.15) is 0 Å². The molecule has 2 N–H and O–H groups in total. The van der Waals surface area contributed by atoms with E-state index in [1.54, 1.807) is 31.2 Å². The molecule has 1 aliphatic heterocycles. The maximum atomic E-state index is 12.7. The maximum Gasteiger partial charge on any atom is 0.338 e. The number of para-hydroxylation sites is 2. The van der Waals surface area contributed by atoms with E-state index < -0.39 is 24.1 Å². The van der Waals surface area contributed by atoms with E-state index in [2.05, 4.69) is 5.32 Å². The first-order valence-electron chi connectivity index (χ1n) is 8.51. The summed E-state index contributed by atoms with van der Waals surface area (Å²) < 4.78 is 5.09. The number of nitrogens with one attached hydrogen (secondary N) is 1. The largest absolute Gasteiger partial charge is 0.453 e. The van der Waals surface area contributed by atoms with Crippen LogP contribution in [0.1, 0.15) is 39.0 Å². The first-order valence-corrected chi connectivity index (χ1v) is 8.51. The van der Waals surface area contributed by atoms with E-state index in [0.717, 1.165) is 12.8 Å². The zero-order valence-corrected chi connectivity index (χ0v) is 14.2. The van der Waals surface area contributed by atoms with Gasteiger partial charge in [0, 0.05) is 12.5 Å². The Bertz CT molecular complexity index is 696. The predicted molar refractivity (Wildman–Crippen MR) is 91.0 cm³/mol. The van der Waals surface area contributed by atoms with Crippen molar-refractivity contribution >= 4 is 29.2 Å². The van der Waals surface area contributed by atoms with Crippen molar-refractivity contribution < 1.29 is 24.2 Å². The lowest BCUT2D eigenvalue weighted by Crippen LogP contribution is -2.44. The number of amides is 2. The lowest BCUT2D eigenvalue weighted by Gasteiger charge is -2.28. The van der Waals surface area contributed by atoms with E-state index in [0.29, 0.717) is 24.2 Å². The monoisotopic (exact) mass is 346 g/mol. The van der Waals surface area contributed by atoms with Crippen LogP contribution in [0.4, 0.5) is 11.4 Å². The van der Waals surface area contributed by atoms with Gasteiger partial charge in [0.15, 0.2) is 12.2 Å². The molecule has 1 saturated carbocycles. The third-order valence-corrected chi connectivity index (χ3v) is 4.77. The Morgan fingerprint density at radius 1 is 1.32 bits per heavy atom. The van der Waals surface area contributed by atoms with Gasteiger partial charge in [0.25, 0.3) is 5.91 Å². The molecule has 0 radical (unpaired) electrons. The second-order valence-corrected chi connectivity index (χ2v) is 6.70. The maximum absolute atomic E-state index is 12.7. The van der Waals surface area contributed by atoms with E-state index in [9.17, 15) is 19.5 Å². The Morgan fingerprint density at radius 3 is 2.72 bits per heavy atom. The molecule has 7 heteroatoms. The van der Waals surface area contributed by atoms with Gasteiger partial charge in [-0.05, 0) is 44.7 Å². The standard InChI is InChI=1S/C18H22N2O5/c1-12-10-15(21)19-13-6-2-3-7-14(13)20(12)16(22)11-25-17(23)18(24)8-4-5-9-18/h2-3,6-7,12,24H,4-5,8-11H2,1H3,(H,19,21)/t12-/m1/s1. The molecule has 1 atom stereocenters. The highest BCUT2D eigenvalue weighted by molar-refractivity contribution is 6.05. The quantitative estimate of drug-likeness (QED) is 0.811. The number of carbonyl (C=O) groups excluding carboxylic acids is 3. The number of rotatable bonds is 3. The zero-order valence-electron chi connectivity index (χ0n) is 14.2. The van der Waals surface area contributed by atoms with Gasteiger partial charge in [-0.15, -0.1) is 0 Å². The number of hydrogen-bond donors (Lipinski definition) is 2. The van der Waals surface area contributed by atoms with Crippen LogP contribution < -0.4 is 10.2 Å². The fourth-order valence-electron chi connectivity index (χ4n) is 3.46. The van der Waals surface area contributed by atoms with Crippen molar-refractivity contribution in [3.05, 3.63) is 24.3 Å². The normalized spacial score (nSPS) is 21.9. The van der Waals surface area contributed by atoms with Crippen LogP contribution in [-0.2, 0) is 19.1 Å². The van der Waals surface area contributed by atoms with Gasteiger partial charge in [-0.1, -0.05) is 12.1 Å². The van der Waals surface area contributed by atoms with Crippen molar-refractivity contribution in [3.8, 4) is 0 Å². The Morgan fingerprint density at radius 2 is 2.00 bits per heavy atom. The summed E-state index contributed by atoms with van der Waals surface area (Å²) in [6.07, 6.45) is 2.41. The summed E-state index contributed by atoms with van der Waals surface area (Å²) in [5.74, 6) is -1.35. The highest BCUT2D eigenvalue weighted by Crippen LogP contribution is 2.32. The first-order chi connectivity index (χ1) is 11.9. The molecule has 1 heterocycles. The number of fused-ring (bicyclic) bond motifs is 1. The molecular weight excluding hydrogens is 324 g/mol. The Labute approximate surface area is 146 Å². The number of hydrogen-bond acceptors (Lipinski definition) is 5. The number of ether oxygens (including phenoxy) is 1. The molecule has 0 bridgehead atoms. The van der Waals surface area contributed by atoms with Gasteiger partial charge in [0.05, 0.1) is 11.4 Å². The van der Waals surface area contributed by atoms with E-state index in [4.69, 9.17) is 4.74 Å². The molecule has 25 heavy (non-hydrogen) atoms. The SMILES string of the molecule is C[C@@H]1CC(=O)Nc2ccccc2N1C(=O)COC(=O)C1(O)CCCC1. The van der Waals surface area contributed by atoms with Gasteiger partial charge in [-0.3, -0.25) is 9.59 Å². The zero-order chi connectivity index (χ0) is 18.0. The van der Waals surface area contributed by atoms with Gasteiger partial charge in [-0.25, -0.2) is 4.79 Å². The highest BCUT2D eigenvalue weighted by atomic mass is 16.6. The minimum absolute atomic E-state index is 0.151. The molecule has 2 amide bonds. The number of carbonyl (C=O) groups is 3. The number of aliphatic hydroxyl groups is 1. The van der Waals surface area contributed by atoms with Crippen molar-refractivity contribution in [2.24, 2.45) is 0 Å². The summed E-state index contributed by atoms with van der Waals surface area (Å²) in [4.78, 5) is 38.2. The summed E-state index contributed by atoms with van der Waals surface area (Å²) in [6.45, 7) is 1.31. The number of benzene rings is 1. The van der Waals surface area contributed by atoms with Crippen molar-refractivity contribution in [3.63, 3.8) is 0 Å². The van der Waals surface area contributed by atoms with E-state index in [1.807, 2.05) is 0 Å². The molecule has 1 aromatic rings.